The fraction of sp³-hybridized carbons (Fsp3) is 0.385. The highest BCUT2D eigenvalue weighted by atomic mass is 19.4. The van der Waals surface area contributed by atoms with E-state index in [0.717, 1.165) is 12.1 Å². The summed E-state index contributed by atoms with van der Waals surface area (Å²) in [4.78, 5) is 20.3. The highest BCUT2D eigenvalue weighted by Crippen LogP contribution is 2.37. The van der Waals surface area contributed by atoms with Gasteiger partial charge in [0.15, 0.2) is 0 Å². The van der Waals surface area contributed by atoms with Gasteiger partial charge in [0.25, 0.3) is 6.02 Å². The molecule has 1 aliphatic rings. The van der Waals surface area contributed by atoms with Crippen LogP contribution in [0.15, 0.2) is 41.5 Å². The molecule has 208 valence electrons. The average Bonchev–Trinajstić information content (AvgIpc) is 2.82. The number of amides is 1. The number of alkyl carbamates (subject to hydrolysis) is 1. The number of benzene rings is 1. The van der Waals surface area contributed by atoms with Crippen molar-refractivity contribution in [2.75, 3.05) is 13.2 Å². The van der Waals surface area contributed by atoms with E-state index in [1.807, 2.05) is 6.07 Å². The number of nitriles is 1. The third kappa shape index (κ3) is 7.97. The minimum Gasteiger partial charge on any atom is -0.462 e. The first-order valence-corrected chi connectivity index (χ1v) is 11.5. The number of nitrogens with zero attached hydrogens (tertiary/aromatic N) is 3. The molecule has 1 amide bonds. The number of hydrogen-bond donors (Lipinski definition) is 1. The number of ether oxygens (including phenoxy) is 3. The summed E-state index contributed by atoms with van der Waals surface area (Å²) in [5.41, 5.74) is -2.69. The number of nitrogens with one attached hydrogen (secondary N) is 1. The summed E-state index contributed by atoms with van der Waals surface area (Å²) in [6.07, 6.45) is -4.87. The Balaban J connectivity index is 2.01. The van der Waals surface area contributed by atoms with Crippen LogP contribution < -0.4 is 5.32 Å². The van der Waals surface area contributed by atoms with Gasteiger partial charge in [-0.1, -0.05) is 6.07 Å². The molecule has 0 fully saturated rings. The van der Waals surface area contributed by atoms with Crippen molar-refractivity contribution in [3.63, 3.8) is 0 Å². The number of aliphatic imine (C=N–C) groups is 1. The highest BCUT2D eigenvalue weighted by molar-refractivity contribution is 5.91. The van der Waals surface area contributed by atoms with Crippen molar-refractivity contribution in [3.05, 3.63) is 64.7 Å². The zero-order chi connectivity index (χ0) is 29.0. The van der Waals surface area contributed by atoms with Crippen molar-refractivity contribution in [3.8, 4) is 6.07 Å². The Labute approximate surface area is 221 Å². The number of amidine groups is 1. The van der Waals surface area contributed by atoms with Crippen LogP contribution in [0, 0.1) is 17.1 Å². The van der Waals surface area contributed by atoms with Gasteiger partial charge in [0, 0.05) is 11.8 Å². The molecule has 0 radical (unpaired) electrons. The molecule has 0 aliphatic carbocycles. The molecule has 2 atom stereocenters. The summed E-state index contributed by atoms with van der Waals surface area (Å²) < 4.78 is 84.3. The SMILES string of the molecule is CC(C)(C)OC(=O)NC1=N[C@](C)(c2cc(/C=C(\F)c3ccc(C#N)cn3)ccc2F)[C@H](OCC(F)(F)F)CO1. The molecule has 39 heavy (non-hydrogen) atoms. The van der Waals surface area contributed by atoms with Crippen molar-refractivity contribution in [2.45, 2.75) is 51.1 Å². The van der Waals surface area contributed by atoms with E-state index in [0.29, 0.717) is 0 Å². The Bertz CT molecular complexity index is 1310. The van der Waals surface area contributed by atoms with Gasteiger partial charge < -0.3 is 14.2 Å². The van der Waals surface area contributed by atoms with Gasteiger partial charge in [-0.05, 0) is 63.6 Å². The van der Waals surface area contributed by atoms with E-state index in [1.165, 1.54) is 37.4 Å². The van der Waals surface area contributed by atoms with Crippen molar-refractivity contribution in [2.24, 2.45) is 4.99 Å². The summed E-state index contributed by atoms with van der Waals surface area (Å²) in [6, 6.07) is 7.54. The molecule has 1 aromatic carbocycles. The molecule has 0 spiro atoms. The maximum absolute atomic E-state index is 15.1. The molecular formula is C26H25F5N4O4. The summed E-state index contributed by atoms with van der Waals surface area (Å²) >= 11 is 0. The van der Waals surface area contributed by atoms with E-state index in [2.05, 4.69) is 15.3 Å². The first-order valence-electron chi connectivity index (χ1n) is 11.5. The zero-order valence-electron chi connectivity index (χ0n) is 21.4. The molecule has 0 saturated carbocycles. The Morgan fingerprint density at radius 2 is 2.00 bits per heavy atom. The Hall–Kier alpha value is -4.05. The van der Waals surface area contributed by atoms with Crippen molar-refractivity contribution in [1.82, 2.24) is 10.3 Å². The van der Waals surface area contributed by atoms with Crippen LogP contribution in [0.5, 0.6) is 0 Å². The molecular weight excluding hydrogens is 527 g/mol. The predicted octanol–water partition coefficient (Wildman–Crippen LogP) is 5.63. The van der Waals surface area contributed by atoms with Gasteiger partial charge in [-0.2, -0.15) is 18.4 Å². The third-order valence-electron chi connectivity index (χ3n) is 5.35. The smallest absolute Gasteiger partial charge is 0.415 e. The van der Waals surface area contributed by atoms with Crippen molar-refractivity contribution >= 4 is 24.0 Å². The minimum absolute atomic E-state index is 0.0922. The lowest BCUT2D eigenvalue weighted by Crippen LogP contribution is -2.50. The minimum atomic E-state index is -4.69. The maximum atomic E-state index is 15.1. The number of carbonyl (C=O) groups excluding carboxylic acids is 1. The molecule has 8 nitrogen and oxygen atoms in total. The van der Waals surface area contributed by atoms with Crippen molar-refractivity contribution in [1.29, 1.82) is 5.26 Å². The predicted molar refractivity (Wildman–Crippen MR) is 130 cm³/mol. The van der Waals surface area contributed by atoms with Gasteiger partial charge >= 0.3 is 12.3 Å². The van der Waals surface area contributed by atoms with Crippen LogP contribution in [0.4, 0.5) is 26.7 Å². The van der Waals surface area contributed by atoms with Gasteiger partial charge in [-0.3, -0.25) is 4.98 Å². The summed E-state index contributed by atoms with van der Waals surface area (Å²) in [7, 11) is 0. The number of hydrogen-bond acceptors (Lipinski definition) is 7. The van der Waals surface area contributed by atoms with Crippen LogP contribution in [-0.4, -0.2) is 48.2 Å². The molecule has 0 bridgehead atoms. The van der Waals surface area contributed by atoms with Gasteiger partial charge in [0.05, 0.1) is 11.3 Å². The maximum Gasteiger partial charge on any atom is 0.415 e. The lowest BCUT2D eigenvalue weighted by atomic mass is 9.85. The molecule has 0 unspecified atom stereocenters. The Morgan fingerprint density at radius 3 is 2.59 bits per heavy atom. The molecule has 1 N–H and O–H groups in total. The second-order valence-electron chi connectivity index (χ2n) is 9.69. The van der Waals surface area contributed by atoms with E-state index in [-0.39, 0.29) is 22.4 Å². The standard InChI is InChI=1S/C26H25F5N4O4/c1-24(2,3)39-23(36)34-22-35-25(4,21(13-37-22)38-14-26(29,30)31)17-9-15(5-7-18(17)27)10-19(28)20-8-6-16(11-32)12-33-20/h5-10,12,21H,13-14H2,1-4H3,(H,34,35,36)/b19-10-/t21-,25-/m1/s1. The van der Waals surface area contributed by atoms with Crippen LogP contribution in [0.3, 0.4) is 0 Å². The second-order valence-corrected chi connectivity index (χ2v) is 9.69. The lowest BCUT2D eigenvalue weighted by Gasteiger charge is -2.38. The first-order chi connectivity index (χ1) is 18.1. The number of aromatic nitrogens is 1. The van der Waals surface area contributed by atoms with Crippen LogP contribution in [-0.2, 0) is 19.7 Å². The molecule has 2 aromatic rings. The molecule has 1 aliphatic heterocycles. The quantitative estimate of drug-likeness (QED) is 0.482. The average molecular weight is 553 g/mol. The number of halogens is 5. The fourth-order valence-electron chi connectivity index (χ4n) is 3.57. The third-order valence-corrected chi connectivity index (χ3v) is 5.35. The summed E-state index contributed by atoms with van der Waals surface area (Å²) in [6.45, 7) is 3.95. The van der Waals surface area contributed by atoms with E-state index in [1.54, 1.807) is 20.8 Å². The zero-order valence-corrected chi connectivity index (χ0v) is 21.4. The van der Waals surface area contributed by atoms with Crippen molar-refractivity contribution < 1.29 is 41.0 Å². The van der Waals surface area contributed by atoms with E-state index < -0.39 is 60.4 Å². The van der Waals surface area contributed by atoms with E-state index in [9.17, 15) is 22.4 Å². The first kappa shape index (κ1) is 29.5. The fourth-order valence-corrected chi connectivity index (χ4v) is 3.57. The second kappa shape index (κ2) is 11.4. The Morgan fingerprint density at radius 1 is 1.28 bits per heavy atom. The summed E-state index contributed by atoms with van der Waals surface area (Å²) in [5, 5.41) is 11.1. The number of alkyl halides is 3. The highest BCUT2D eigenvalue weighted by Gasteiger charge is 2.45. The molecule has 2 heterocycles. The molecule has 13 heteroatoms. The van der Waals surface area contributed by atoms with Crippen LogP contribution in [0.2, 0.25) is 0 Å². The number of carbonyl (C=O) groups is 1. The molecule has 1 aromatic heterocycles. The van der Waals surface area contributed by atoms with Gasteiger partial charge in [-0.15, -0.1) is 0 Å². The Kier molecular flexibility index (Phi) is 8.60. The van der Waals surface area contributed by atoms with Gasteiger partial charge in [0.2, 0.25) is 0 Å². The van der Waals surface area contributed by atoms with E-state index in [4.69, 9.17) is 19.5 Å². The largest absolute Gasteiger partial charge is 0.462 e. The molecule has 3 rings (SSSR count). The van der Waals surface area contributed by atoms with Gasteiger partial charge in [0.1, 0.15) is 48.2 Å². The normalized spacial score (nSPS) is 19.9. The number of pyridine rings is 1. The van der Waals surface area contributed by atoms with Gasteiger partial charge in [-0.25, -0.2) is 23.9 Å². The van der Waals surface area contributed by atoms with E-state index >= 15 is 4.39 Å². The lowest BCUT2D eigenvalue weighted by molar-refractivity contribution is -0.197. The van der Waals surface area contributed by atoms with Crippen LogP contribution in [0.25, 0.3) is 11.9 Å². The molecule has 0 saturated heterocycles. The monoisotopic (exact) mass is 552 g/mol. The topological polar surface area (TPSA) is 106 Å². The van der Waals surface area contributed by atoms with Crippen LogP contribution in [0.1, 0.15) is 50.1 Å². The summed E-state index contributed by atoms with van der Waals surface area (Å²) in [5.74, 6) is -1.68. The number of rotatable bonds is 5. The van der Waals surface area contributed by atoms with Crippen LogP contribution >= 0.6 is 0 Å².